The zero-order chi connectivity index (χ0) is 17.4. The van der Waals surface area contributed by atoms with Crippen molar-refractivity contribution in [3.05, 3.63) is 30.3 Å². The van der Waals surface area contributed by atoms with Crippen LogP contribution in [0.1, 0.15) is 0 Å². The number of benzene rings is 2. The van der Waals surface area contributed by atoms with Crippen LogP contribution in [-0.2, 0) is 25.0 Å². The molecule has 124 valence electrons. The maximum atomic E-state index is 11.2. The molecule has 1 amide bonds. The molecule has 0 aliphatic carbocycles. The molecule has 0 aromatic heterocycles. The van der Waals surface area contributed by atoms with E-state index in [1.807, 2.05) is 0 Å². The third-order valence-electron chi connectivity index (χ3n) is 2.81. The first-order valence-electron chi connectivity index (χ1n) is 5.89. The van der Waals surface area contributed by atoms with E-state index in [0.717, 1.165) is 24.3 Å². The second-order valence-corrected chi connectivity index (χ2v) is 7.23. The first kappa shape index (κ1) is 17.1. The second-order valence-electron chi connectivity index (χ2n) is 4.47. The van der Waals surface area contributed by atoms with Crippen molar-refractivity contribution in [1.82, 2.24) is 0 Å². The Balaban J connectivity index is 2.75. The Morgan fingerprint density at radius 1 is 1.00 bits per heavy atom. The minimum absolute atomic E-state index is 0.0293. The highest BCUT2D eigenvalue weighted by molar-refractivity contribution is 7.86. The van der Waals surface area contributed by atoms with E-state index < -0.39 is 42.5 Å². The summed E-state index contributed by atoms with van der Waals surface area (Å²) in [6.45, 7) is -0.584. The number of nitrogens with two attached hydrogens (primary N) is 1. The van der Waals surface area contributed by atoms with Crippen molar-refractivity contribution in [1.29, 1.82) is 0 Å². The van der Waals surface area contributed by atoms with Crippen LogP contribution in [0, 0.1) is 0 Å². The third kappa shape index (κ3) is 3.96. The third-order valence-corrected chi connectivity index (χ3v) is 4.45. The first-order chi connectivity index (χ1) is 10.5. The Bertz CT molecular complexity index is 990. The zero-order valence-corrected chi connectivity index (χ0v) is 12.9. The Morgan fingerprint density at radius 3 is 2.09 bits per heavy atom. The molecule has 0 aliphatic heterocycles. The number of primary amides is 1. The van der Waals surface area contributed by atoms with Crippen LogP contribution in [-0.4, -0.2) is 38.5 Å². The van der Waals surface area contributed by atoms with Gasteiger partial charge in [-0.25, -0.2) is 16.8 Å². The molecular formula is C12H9NO8S2-2. The molecule has 2 rings (SSSR count). The van der Waals surface area contributed by atoms with E-state index in [1.54, 1.807) is 0 Å². The van der Waals surface area contributed by atoms with Crippen LogP contribution in [0.4, 0.5) is 0 Å². The largest absolute Gasteiger partial charge is 0.744 e. The summed E-state index contributed by atoms with van der Waals surface area (Å²) in [5.74, 6) is -1.00. The number of hydrogen-bond donors (Lipinski definition) is 1. The Hall–Kier alpha value is -2.21. The van der Waals surface area contributed by atoms with Crippen molar-refractivity contribution in [2.24, 2.45) is 5.73 Å². The molecule has 0 fully saturated rings. The quantitative estimate of drug-likeness (QED) is 0.698. The van der Waals surface area contributed by atoms with E-state index in [1.165, 1.54) is 6.07 Å². The fraction of sp³-hybridized carbons (Fsp3) is 0.0833. The summed E-state index contributed by atoms with van der Waals surface area (Å²) in [6, 6.07) is 4.89. The molecule has 9 nitrogen and oxygen atoms in total. The molecule has 0 radical (unpaired) electrons. The van der Waals surface area contributed by atoms with Gasteiger partial charge in [-0.3, -0.25) is 4.79 Å². The fourth-order valence-electron chi connectivity index (χ4n) is 1.85. The van der Waals surface area contributed by atoms with Gasteiger partial charge in [-0.05, 0) is 35.7 Å². The van der Waals surface area contributed by atoms with Crippen LogP contribution in [0.5, 0.6) is 5.75 Å². The summed E-state index contributed by atoms with van der Waals surface area (Å²) in [5.41, 5.74) is 4.92. The van der Waals surface area contributed by atoms with Crippen LogP contribution >= 0.6 is 0 Å². The average molecular weight is 359 g/mol. The molecule has 11 heteroatoms. The molecule has 0 aliphatic rings. The van der Waals surface area contributed by atoms with Gasteiger partial charge in [0.1, 0.15) is 26.0 Å². The Labute approximate surface area is 131 Å². The number of carbonyl (C=O) groups excluding carboxylic acids is 1. The molecule has 0 saturated heterocycles. The summed E-state index contributed by atoms with van der Waals surface area (Å²) in [5, 5.41) is 0.171. The van der Waals surface area contributed by atoms with Crippen LogP contribution in [0.25, 0.3) is 10.8 Å². The molecule has 23 heavy (non-hydrogen) atoms. The van der Waals surface area contributed by atoms with Gasteiger partial charge < -0.3 is 19.6 Å². The van der Waals surface area contributed by atoms with Gasteiger partial charge in [0.05, 0.1) is 9.79 Å². The summed E-state index contributed by atoms with van der Waals surface area (Å²) in [4.78, 5) is 9.46. The van der Waals surface area contributed by atoms with Gasteiger partial charge in [-0.1, -0.05) is 0 Å². The van der Waals surface area contributed by atoms with Gasteiger partial charge in [-0.2, -0.15) is 0 Å². The fourth-order valence-corrected chi connectivity index (χ4v) is 2.88. The van der Waals surface area contributed by atoms with Crippen molar-refractivity contribution < 1.29 is 35.5 Å². The number of ether oxygens (including phenoxy) is 1. The zero-order valence-electron chi connectivity index (χ0n) is 11.3. The van der Waals surface area contributed by atoms with Crippen LogP contribution in [0.2, 0.25) is 0 Å². The molecule has 2 N–H and O–H groups in total. The molecule has 0 heterocycles. The maximum Gasteiger partial charge on any atom is 0.255 e. The SMILES string of the molecule is NC(=O)COc1cc(S(=O)(=O)[O-])cc2cc(S(=O)(=O)[O-])ccc12. The molecule has 2 aromatic rings. The van der Waals surface area contributed by atoms with Crippen LogP contribution in [0.15, 0.2) is 40.1 Å². The first-order valence-corrected chi connectivity index (χ1v) is 8.71. The van der Waals surface area contributed by atoms with E-state index in [0.29, 0.717) is 0 Å². The lowest BCUT2D eigenvalue weighted by molar-refractivity contribution is -0.119. The predicted molar refractivity (Wildman–Crippen MR) is 74.6 cm³/mol. The highest BCUT2D eigenvalue weighted by Crippen LogP contribution is 2.31. The molecule has 0 atom stereocenters. The molecular weight excluding hydrogens is 350 g/mol. The highest BCUT2D eigenvalue weighted by atomic mass is 32.2. The van der Waals surface area contributed by atoms with Gasteiger partial charge in [0.2, 0.25) is 0 Å². The number of rotatable bonds is 5. The number of fused-ring (bicyclic) bond motifs is 1. The highest BCUT2D eigenvalue weighted by Gasteiger charge is 2.12. The monoisotopic (exact) mass is 359 g/mol. The minimum Gasteiger partial charge on any atom is -0.744 e. The maximum absolute atomic E-state index is 11.2. The van der Waals surface area contributed by atoms with Crippen LogP contribution < -0.4 is 10.5 Å². The van der Waals surface area contributed by atoms with Gasteiger partial charge in [-0.15, -0.1) is 0 Å². The molecule has 0 bridgehead atoms. The van der Waals surface area contributed by atoms with Crippen LogP contribution in [0.3, 0.4) is 0 Å². The van der Waals surface area contributed by atoms with Gasteiger partial charge in [0.25, 0.3) is 5.91 Å². The second kappa shape index (κ2) is 5.77. The minimum atomic E-state index is -4.88. The lowest BCUT2D eigenvalue weighted by Crippen LogP contribution is -2.20. The predicted octanol–water partition coefficient (Wildman–Crippen LogP) is -0.488. The Kier molecular flexibility index (Phi) is 4.30. The van der Waals surface area contributed by atoms with E-state index in [-0.39, 0.29) is 16.5 Å². The summed E-state index contributed by atoms with van der Waals surface area (Å²) >= 11 is 0. The van der Waals surface area contributed by atoms with E-state index in [9.17, 15) is 30.7 Å². The van der Waals surface area contributed by atoms with Crippen molar-refractivity contribution in [2.75, 3.05) is 6.61 Å². The van der Waals surface area contributed by atoms with E-state index in [4.69, 9.17) is 10.5 Å². The summed E-state index contributed by atoms with van der Waals surface area (Å²) in [7, 11) is -9.65. The Morgan fingerprint density at radius 2 is 1.57 bits per heavy atom. The average Bonchev–Trinajstić information content (AvgIpc) is 2.41. The van der Waals surface area contributed by atoms with Gasteiger partial charge in [0.15, 0.2) is 6.61 Å². The van der Waals surface area contributed by atoms with Gasteiger partial charge >= 0.3 is 0 Å². The lowest BCUT2D eigenvalue weighted by Gasteiger charge is -2.14. The van der Waals surface area contributed by atoms with Gasteiger partial charge in [0, 0.05) is 5.39 Å². The number of hydrogen-bond acceptors (Lipinski definition) is 8. The molecule has 0 spiro atoms. The normalized spacial score (nSPS) is 12.3. The molecule has 0 unspecified atom stereocenters. The van der Waals surface area contributed by atoms with E-state index in [2.05, 4.69) is 0 Å². The van der Waals surface area contributed by atoms with Crippen molar-refractivity contribution in [3.8, 4) is 5.75 Å². The molecule has 2 aromatic carbocycles. The van der Waals surface area contributed by atoms with Crippen molar-refractivity contribution in [3.63, 3.8) is 0 Å². The topological polar surface area (TPSA) is 167 Å². The summed E-state index contributed by atoms with van der Waals surface area (Å²) in [6.07, 6.45) is 0. The lowest BCUT2D eigenvalue weighted by atomic mass is 10.1. The van der Waals surface area contributed by atoms with Crippen molar-refractivity contribution in [2.45, 2.75) is 9.79 Å². The smallest absolute Gasteiger partial charge is 0.255 e. The standard InChI is InChI=1S/C12H11NO8S2/c13-12(14)6-21-11-5-9(23(18,19)20)4-7-3-8(22(15,16)17)1-2-10(7)11/h1-5H,6H2,(H2,13,14)(H,15,16,17)(H,18,19,20)/p-2. The van der Waals surface area contributed by atoms with Crippen molar-refractivity contribution >= 4 is 36.9 Å². The number of amides is 1. The van der Waals surface area contributed by atoms with E-state index >= 15 is 0 Å². The number of carbonyl (C=O) groups is 1. The summed E-state index contributed by atoms with van der Waals surface area (Å²) < 4.78 is 71.6. The molecule has 0 saturated carbocycles.